The predicted molar refractivity (Wildman–Crippen MR) is 94.7 cm³/mol. The van der Waals surface area contributed by atoms with Crippen LogP contribution in [0.2, 0.25) is 0 Å². The molecule has 1 N–H and O–H groups in total. The molecule has 0 fully saturated rings. The topological polar surface area (TPSA) is 54.9 Å². The molecule has 1 amide bonds. The zero-order valence-corrected chi connectivity index (χ0v) is 13.6. The second kappa shape index (κ2) is 7.51. The number of aryl methyl sites for hydroxylation is 1. The smallest absolute Gasteiger partial charge is 0.251 e. The molecule has 24 heavy (non-hydrogen) atoms. The van der Waals surface area contributed by atoms with Crippen molar-refractivity contribution in [3.05, 3.63) is 83.7 Å². The summed E-state index contributed by atoms with van der Waals surface area (Å²) in [6.45, 7) is 2.49. The summed E-state index contributed by atoms with van der Waals surface area (Å²) < 4.78 is 0. The summed E-state index contributed by atoms with van der Waals surface area (Å²) in [6.07, 6.45) is 4.33. The maximum atomic E-state index is 12.2. The number of amides is 1. The van der Waals surface area contributed by atoms with E-state index in [1.807, 2.05) is 73.9 Å². The van der Waals surface area contributed by atoms with E-state index >= 15 is 0 Å². The number of hydrogen-bond donors (Lipinski definition) is 1. The Balaban J connectivity index is 1.56. The van der Waals surface area contributed by atoms with Crippen molar-refractivity contribution in [1.29, 1.82) is 0 Å². The van der Waals surface area contributed by atoms with E-state index in [9.17, 15) is 4.79 Å². The second-order valence-electron chi connectivity index (χ2n) is 5.60. The quantitative estimate of drug-likeness (QED) is 0.784. The van der Waals surface area contributed by atoms with Crippen LogP contribution >= 0.6 is 0 Å². The van der Waals surface area contributed by atoms with E-state index in [2.05, 4.69) is 15.3 Å². The molecule has 0 radical (unpaired) electrons. The molecule has 4 nitrogen and oxygen atoms in total. The van der Waals surface area contributed by atoms with Crippen LogP contribution in [0.4, 0.5) is 0 Å². The van der Waals surface area contributed by atoms with E-state index < -0.39 is 0 Å². The third-order valence-corrected chi connectivity index (χ3v) is 3.83. The SMILES string of the molecule is Cc1ccccc1C(=O)NCCc1cnc(-c2ccccc2)nc1. The number of rotatable bonds is 5. The Kier molecular flexibility index (Phi) is 4.96. The Morgan fingerprint density at radius 1 is 0.958 bits per heavy atom. The van der Waals surface area contributed by atoms with Crippen molar-refractivity contribution in [2.75, 3.05) is 6.54 Å². The Hall–Kier alpha value is -3.01. The first kappa shape index (κ1) is 15.9. The van der Waals surface area contributed by atoms with Gasteiger partial charge in [-0.05, 0) is 30.5 Å². The standard InChI is InChI=1S/C20H19N3O/c1-15-7-5-6-10-18(15)20(24)21-12-11-16-13-22-19(23-14-16)17-8-3-2-4-9-17/h2-10,13-14H,11-12H2,1H3,(H,21,24). The highest BCUT2D eigenvalue weighted by Gasteiger charge is 2.07. The maximum Gasteiger partial charge on any atom is 0.251 e. The number of carbonyl (C=O) groups excluding carboxylic acids is 1. The number of aromatic nitrogens is 2. The van der Waals surface area contributed by atoms with E-state index in [4.69, 9.17) is 0 Å². The van der Waals surface area contributed by atoms with Crippen molar-refractivity contribution >= 4 is 5.91 Å². The molecule has 0 aliphatic heterocycles. The Labute approximate surface area is 141 Å². The van der Waals surface area contributed by atoms with Gasteiger partial charge in [0.05, 0.1) is 0 Å². The number of nitrogens with one attached hydrogen (secondary N) is 1. The van der Waals surface area contributed by atoms with Crippen molar-refractivity contribution in [2.24, 2.45) is 0 Å². The highest BCUT2D eigenvalue weighted by molar-refractivity contribution is 5.95. The minimum absolute atomic E-state index is 0.0464. The van der Waals surface area contributed by atoms with Crippen molar-refractivity contribution in [1.82, 2.24) is 15.3 Å². The Morgan fingerprint density at radius 2 is 1.62 bits per heavy atom. The molecule has 2 aromatic carbocycles. The number of hydrogen-bond acceptors (Lipinski definition) is 3. The van der Waals surface area contributed by atoms with Gasteiger partial charge in [-0.2, -0.15) is 0 Å². The van der Waals surface area contributed by atoms with Crippen LogP contribution in [0.25, 0.3) is 11.4 Å². The van der Waals surface area contributed by atoms with E-state index in [1.165, 1.54) is 0 Å². The van der Waals surface area contributed by atoms with Crippen LogP contribution in [0.15, 0.2) is 67.0 Å². The molecule has 3 rings (SSSR count). The summed E-state index contributed by atoms with van der Waals surface area (Å²) in [4.78, 5) is 20.9. The zero-order chi connectivity index (χ0) is 16.8. The molecule has 0 aliphatic carbocycles. The fourth-order valence-corrected chi connectivity index (χ4v) is 2.46. The molecule has 4 heteroatoms. The van der Waals surface area contributed by atoms with Gasteiger partial charge in [-0.25, -0.2) is 9.97 Å². The van der Waals surface area contributed by atoms with Gasteiger partial charge in [0.15, 0.2) is 5.82 Å². The molecule has 0 saturated heterocycles. The zero-order valence-electron chi connectivity index (χ0n) is 13.6. The number of nitrogens with zero attached hydrogens (tertiary/aromatic N) is 2. The lowest BCUT2D eigenvalue weighted by atomic mass is 10.1. The molecule has 0 atom stereocenters. The van der Waals surface area contributed by atoms with Gasteiger partial charge >= 0.3 is 0 Å². The van der Waals surface area contributed by atoms with Crippen molar-refractivity contribution in [2.45, 2.75) is 13.3 Å². The van der Waals surface area contributed by atoms with Gasteiger partial charge in [0.1, 0.15) is 0 Å². The lowest BCUT2D eigenvalue weighted by Gasteiger charge is -2.07. The molecule has 1 heterocycles. The van der Waals surface area contributed by atoms with Crippen LogP contribution in [0.3, 0.4) is 0 Å². The summed E-state index contributed by atoms with van der Waals surface area (Å²) in [5.74, 6) is 0.665. The molecule has 0 bridgehead atoms. The van der Waals surface area contributed by atoms with Crippen LogP contribution in [-0.4, -0.2) is 22.4 Å². The molecule has 3 aromatic rings. The molecule has 120 valence electrons. The third kappa shape index (κ3) is 3.84. The first-order valence-corrected chi connectivity index (χ1v) is 7.94. The van der Waals surface area contributed by atoms with Crippen LogP contribution in [0.5, 0.6) is 0 Å². The van der Waals surface area contributed by atoms with E-state index in [0.717, 1.165) is 16.7 Å². The Bertz CT molecular complexity index is 814. The van der Waals surface area contributed by atoms with Gasteiger partial charge in [0, 0.05) is 30.1 Å². The van der Waals surface area contributed by atoms with Gasteiger partial charge in [-0.3, -0.25) is 4.79 Å². The number of carbonyl (C=O) groups is 1. The molecule has 0 spiro atoms. The van der Waals surface area contributed by atoms with Crippen molar-refractivity contribution < 1.29 is 4.79 Å². The molecular weight excluding hydrogens is 298 g/mol. The van der Waals surface area contributed by atoms with Gasteiger partial charge < -0.3 is 5.32 Å². The summed E-state index contributed by atoms with van der Waals surface area (Å²) in [5, 5.41) is 2.94. The van der Waals surface area contributed by atoms with E-state index in [1.54, 1.807) is 0 Å². The van der Waals surface area contributed by atoms with E-state index in [0.29, 0.717) is 24.4 Å². The highest BCUT2D eigenvalue weighted by atomic mass is 16.1. The summed E-state index contributed by atoms with van der Waals surface area (Å²) in [5.41, 5.74) is 3.69. The maximum absolute atomic E-state index is 12.2. The van der Waals surface area contributed by atoms with Gasteiger partial charge in [0.25, 0.3) is 5.91 Å². The molecule has 0 aliphatic rings. The van der Waals surface area contributed by atoms with Gasteiger partial charge in [0.2, 0.25) is 0 Å². The lowest BCUT2D eigenvalue weighted by Crippen LogP contribution is -2.26. The minimum atomic E-state index is -0.0464. The average Bonchev–Trinajstić information content (AvgIpc) is 2.63. The minimum Gasteiger partial charge on any atom is -0.352 e. The first-order chi connectivity index (χ1) is 11.7. The Morgan fingerprint density at radius 3 is 2.33 bits per heavy atom. The van der Waals surface area contributed by atoms with Crippen LogP contribution < -0.4 is 5.32 Å². The van der Waals surface area contributed by atoms with Gasteiger partial charge in [-0.1, -0.05) is 48.5 Å². The fraction of sp³-hybridized carbons (Fsp3) is 0.150. The highest BCUT2D eigenvalue weighted by Crippen LogP contribution is 2.13. The van der Waals surface area contributed by atoms with Gasteiger partial charge in [-0.15, -0.1) is 0 Å². The molecular formula is C20H19N3O. The summed E-state index contributed by atoms with van der Waals surface area (Å²) in [6, 6.07) is 17.4. The fourth-order valence-electron chi connectivity index (χ4n) is 2.46. The molecule has 0 unspecified atom stereocenters. The average molecular weight is 317 g/mol. The lowest BCUT2D eigenvalue weighted by molar-refractivity contribution is 0.0953. The molecule has 0 saturated carbocycles. The van der Waals surface area contributed by atoms with Crippen LogP contribution in [0, 0.1) is 6.92 Å². The van der Waals surface area contributed by atoms with Crippen LogP contribution in [0.1, 0.15) is 21.5 Å². The largest absolute Gasteiger partial charge is 0.352 e. The van der Waals surface area contributed by atoms with Crippen LogP contribution in [-0.2, 0) is 6.42 Å². The van der Waals surface area contributed by atoms with Crippen molar-refractivity contribution in [3.8, 4) is 11.4 Å². The number of benzene rings is 2. The summed E-state index contributed by atoms with van der Waals surface area (Å²) in [7, 11) is 0. The van der Waals surface area contributed by atoms with E-state index in [-0.39, 0.29) is 5.91 Å². The van der Waals surface area contributed by atoms with Crippen molar-refractivity contribution in [3.63, 3.8) is 0 Å². The normalized spacial score (nSPS) is 10.4. The third-order valence-electron chi connectivity index (χ3n) is 3.83. The summed E-state index contributed by atoms with van der Waals surface area (Å²) >= 11 is 0. The second-order valence-corrected chi connectivity index (χ2v) is 5.60. The predicted octanol–water partition coefficient (Wildman–Crippen LogP) is 3.42. The first-order valence-electron chi connectivity index (χ1n) is 7.94. The monoisotopic (exact) mass is 317 g/mol. The molecule has 1 aromatic heterocycles.